The predicted molar refractivity (Wildman–Crippen MR) is 73.3 cm³/mol. The molecule has 1 aromatic heterocycles. The van der Waals surface area contributed by atoms with Gasteiger partial charge in [0.05, 0.1) is 11.2 Å². The summed E-state index contributed by atoms with van der Waals surface area (Å²) in [6.45, 7) is 6.82. The number of nitrogens with one attached hydrogen (secondary N) is 1. The van der Waals surface area contributed by atoms with E-state index < -0.39 is 0 Å². The molecule has 2 heterocycles. The Hall–Kier alpha value is -0.930. The van der Waals surface area contributed by atoms with E-state index in [1.165, 1.54) is 50.0 Å². The zero-order valence-corrected chi connectivity index (χ0v) is 11.3. The summed E-state index contributed by atoms with van der Waals surface area (Å²) >= 11 is 0. The van der Waals surface area contributed by atoms with Gasteiger partial charge < -0.3 is 5.32 Å². The number of hydrogen-bond donors (Lipinski definition) is 1. The molecule has 0 atom stereocenters. The van der Waals surface area contributed by atoms with Crippen LogP contribution in [0.4, 0.5) is 0 Å². The standard InChI is InChI=1S/C15H23N3/c1-2-17-15(6-7-15)14-11-13(5-8-16-14)12-18-9-3-4-10-18/h5,8,11,17H,2-4,6-7,9-10,12H2,1H3. The minimum atomic E-state index is 0.204. The van der Waals surface area contributed by atoms with Crippen molar-refractivity contribution in [1.82, 2.24) is 15.2 Å². The van der Waals surface area contributed by atoms with Gasteiger partial charge in [0.1, 0.15) is 0 Å². The van der Waals surface area contributed by atoms with Crippen LogP contribution in [0.1, 0.15) is 43.9 Å². The molecule has 1 aliphatic heterocycles. The molecule has 1 aromatic rings. The summed E-state index contributed by atoms with van der Waals surface area (Å²) in [5.74, 6) is 0. The van der Waals surface area contributed by atoms with Gasteiger partial charge in [-0.1, -0.05) is 6.92 Å². The zero-order valence-electron chi connectivity index (χ0n) is 11.3. The van der Waals surface area contributed by atoms with Crippen molar-refractivity contribution in [3.63, 3.8) is 0 Å². The van der Waals surface area contributed by atoms with Crippen molar-refractivity contribution >= 4 is 0 Å². The van der Waals surface area contributed by atoms with Gasteiger partial charge in [-0.05, 0) is 63.0 Å². The molecule has 18 heavy (non-hydrogen) atoms. The molecule has 0 amide bonds. The van der Waals surface area contributed by atoms with Gasteiger partial charge in [0.15, 0.2) is 0 Å². The highest BCUT2D eigenvalue weighted by atomic mass is 15.1. The molecule has 1 aliphatic carbocycles. The first kappa shape index (κ1) is 12.1. The Labute approximate surface area is 110 Å². The summed E-state index contributed by atoms with van der Waals surface area (Å²) in [6.07, 6.45) is 7.18. The molecule has 1 saturated heterocycles. The topological polar surface area (TPSA) is 28.2 Å². The van der Waals surface area contributed by atoms with Gasteiger partial charge >= 0.3 is 0 Å². The number of pyridine rings is 1. The fourth-order valence-corrected chi connectivity index (χ4v) is 3.02. The van der Waals surface area contributed by atoms with E-state index in [9.17, 15) is 0 Å². The molecule has 0 unspecified atom stereocenters. The molecular formula is C15H23N3. The Morgan fingerprint density at radius 1 is 1.33 bits per heavy atom. The highest BCUT2D eigenvalue weighted by Crippen LogP contribution is 2.44. The predicted octanol–water partition coefficient (Wildman–Crippen LogP) is 2.28. The third-order valence-corrected chi connectivity index (χ3v) is 4.18. The number of likely N-dealkylation sites (tertiary alicyclic amines) is 1. The summed E-state index contributed by atoms with van der Waals surface area (Å²) in [5, 5.41) is 3.59. The first-order chi connectivity index (χ1) is 8.82. The van der Waals surface area contributed by atoms with Gasteiger partial charge in [-0.25, -0.2) is 0 Å². The van der Waals surface area contributed by atoms with Crippen LogP contribution in [-0.4, -0.2) is 29.5 Å². The summed E-state index contributed by atoms with van der Waals surface area (Å²) < 4.78 is 0. The molecular weight excluding hydrogens is 222 g/mol. The molecule has 1 saturated carbocycles. The van der Waals surface area contributed by atoms with Crippen molar-refractivity contribution in [2.45, 2.75) is 44.7 Å². The minimum Gasteiger partial charge on any atom is -0.306 e. The summed E-state index contributed by atoms with van der Waals surface area (Å²) in [6, 6.07) is 4.48. The summed E-state index contributed by atoms with van der Waals surface area (Å²) in [7, 11) is 0. The van der Waals surface area contributed by atoms with Gasteiger partial charge in [0, 0.05) is 12.7 Å². The van der Waals surface area contributed by atoms with Crippen molar-refractivity contribution in [1.29, 1.82) is 0 Å². The molecule has 0 bridgehead atoms. The third-order valence-electron chi connectivity index (χ3n) is 4.18. The smallest absolute Gasteiger partial charge is 0.0610 e. The molecule has 0 aromatic carbocycles. The Kier molecular flexibility index (Phi) is 3.35. The highest BCUT2D eigenvalue weighted by molar-refractivity contribution is 5.27. The molecule has 2 fully saturated rings. The highest BCUT2D eigenvalue weighted by Gasteiger charge is 2.44. The fourth-order valence-electron chi connectivity index (χ4n) is 3.02. The second-order valence-corrected chi connectivity index (χ2v) is 5.65. The monoisotopic (exact) mass is 245 g/mol. The summed E-state index contributed by atoms with van der Waals surface area (Å²) in [5.41, 5.74) is 2.88. The van der Waals surface area contributed by atoms with Gasteiger partial charge in [-0.15, -0.1) is 0 Å². The van der Waals surface area contributed by atoms with Crippen LogP contribution in [0.2, 0.25) is 0 Å². The van der Waals surface area contributed by atoms with Crippen LogP contribution in [0.5, 0.6) is 0 Å². The van der Waals surface area contributed by atoms with Crippen molar-refractivity contribution in [2.75, 3.05) is 19.6 Å². The lowest BCUT2D eigenvalue weighted by molar-refractivity contribution is 0.331. The van der Waals surface area contributed by atoms with Crippen LogP contribution < -0.4 is 5.32 Å². The van der Waals surface area contributed by atoms with E-state index in [-0.39, 0.29) is 5.54 Å². The Morgan fingerprint density at radius 2 is 2.11 bits per heavy atom. The fraction of sp³-hybridized carbons (Fsp3) is 0.667. The van der Waals surface area contributed by atoms with Crippen molar-refractivity contribution in [3.8, 4) is 0 Å². The average molecular weight is 245 g/mol. The van der Waals surface area contributed by atoms with Crippen LogP contribution in [-0.2, 0) is 12.1 Å². The molecule has 98 valence electrons. The van der Waals surface area contributed by atoms with E-state index in [1.54, 1.807) is 0 Å². The zero-order chi connectivity index (χ0) is 12.4. The quantitative estimate of drug-likeness (QED) is 0.862. The van der Waals surface area contributed by atoms with Crippen LogP contribution in [0.15, 0.2) is 18.3 Å². The first-order valence-electron chi connectivity index (χ1n) is 7.25. The minimum absolute atomic E-state index is 0.204. The molecule has 0 radical (unpaired) electrons. The lowest BCUT2D eigenvalue weighted by atomic mass is 10.1. The lowest BCUT2D eigenvalue weighted by Gasteiger charge is -2.18. The second kappa shape index (κ2) is 4.98. The Bertz CT molecular complexity index is 406. The van der Waals surface area contributed by atoms with Crippen molar-refractivity contribution in [2.24, 2.45) is 0 Å². The van der Waals surface area contributed by atoms with E-state index >= 15 is 0 Å². The van der Waals surface area contributed by atoms with Crippen molar-refractivity contribution in [3.05, 3.63) is 29.6 Å². The molecule has 3 rings (SSSR count). The molecule has 2 aliphatic rings. The van der Waals surface area contributed by atoms with Gasteiger partial charge in [-0.2, -0.15) is 0 Å². The number of aromatic nitrogens is 1. The number of rotatable bonds is 5. The average Bonchev–Trinajstić information content (AvgIpc) is 2.99. The lowest BCUT2D eigenvalue weighted by Crippen LogP contribution is -2.29. The third kappa shape index (κ3) is 2.43. The molecule has 1 N–H and O–H groups in total. The van der Waals surface area contributed by atoms with Crippen LogP contribution in [0.3, 0.4) is 0 Å². The normalized spacial score (nSPS) is 22.3. The van der Waals surface area contributed by atoms with E-state index in [4.69, 9.17) is 0 Å². The van der Waals surface area contributed by atoms with E-state index in [0.717, 1.165) is 13.1 Å². The molecule has 0 spiro atoms. The first-order valence-corrected chi connectivity index (χ1v) is 7.25. The van der Waals surface area contributed by atoms with Gasteiger partial charge in [-0.3, -0.25) is 9.88 Å². The largest absolute Gasteiger partial charge is 0.306 e. The Balaban J connectivity index is 1.72. The van der Waals surface area contributed by atoms with Gasteiger partial charge in [0.25, 0.3) is 0 Å². The second-order valence-electron chi connectivity index (χ2n) is 5.65. The number of hydrogen-bond acceptors (Lipinski definition) is 3. The van der Waals surface area contributed by atoms with Crippen LogP contribution in [0, 0.1) is 0 Å². The van der Waals surface area contributed by atoms with E-state index in [2.05, 4.69) is 34.3 Å². The van der Waals surface area contributed by atoms with Crippen molar-refractivity contribution < 1.29 is 0 Å². The Morgan fingerprint density at radius 3 is 2.78 bits per heavy atom. The van der Waals surface area contributed by atoms with E-state index in [1.807, 2.05) is 6.20 Å². The van der Waals surface area contributed by atoms with Gasteiger partial charge in [0.2, 0.25) is 0 Å². The van der Waals surface area contributed by atoms with Crippen LogP contribution >= 0.6 is 0 Å². The van der Waals surface area contributed by atoms with Crippen LogP contribution in [0.25, 0.3) is 0 Å². The maximum Gasteiger partial charge on any atom is 0.0610 e. The summed E-state index contributed by atoms with van der Waals surface area (Å²) in [4.78, 5) is 7.13. The maximum absolute atomic E-state index is 4.59. The number of nitrogens with zero attached hydrogens (tertiary/aromatic N) is 2. The molecule has 3 heteroatoms. The SMILES string of the molecule is CCNC1(c2cc(CN3CCCC3)ccn2)CC1. The van der Waals surface area contributed by atoms with E-state index in [0.29, 0.717) is 0 Å². The molecule has 3 nitrogen and oxygen atoms in total. The maximum atomic E-state index is 4.59.